The highest BCUT2D eigenvalue weighted by molar-refractivity contribution is 5.45. The first-order valence-electron chi connectivity index (χ1n) is 3.91. The molecule has 1 aromatic rings. The Morgan fingerprint density at radius 3 is 2.77 bits per heavy atom. The molecule has 1 radical (unpaired) electrons. The first-order chi connectivity index (χ1) is 6.25. The Morgan fingerprint density at radius 1 is 1.46 bits per heavy atom. The summed E-state index contributed by atoms with van der Waals surface area (Å²) in [5.74, 6) is 0.302. The van der Waals surface area contributed by atoms with E-state index in [1.165, 1.54) is 6.07 Å². The van der Waals surface area contributed by atoms with Crippen LogP contribution in [0.2, 0.25) is 0 Å². The van der Waals surface area contributed by atoms with E-state index in [0.717, 1.165) is 0 Å². The zero-order chi connectivity index (χ0) is 9.68. The fourth-order valence-corrected chi connectivity index (χ4v) is 0.912. The third-order valence-corrected chi connectivity index (χ3v) is 1.46. The van der Waals surface area contributed by atoms with Gasteiger partial charge in [0.15, 0.2) is 5.75 Å². The van der Waals surface area contributed by atoms with Gasteiger partial charge >= 0.3 is 5.69 Å². The largest absolute Gasteiger partial charge is 0.487 e. The second-order valence-electron chi connectivity index (χ2n) is 2.43. The minimum Gasteiger partial charge on any atom is -0.487 e. The number of hydrogen-bond donors (Lipinski definition) is 0. The molecule has 4 nitrogen and oxygen atoms in total. The number of hydrogen-bond acceptors (Lipinski definition) is 3. The Balaban J connectivity index is 2.84. The summed E-state index contributed by atoms with van der Waals surface area (Å²) in [6.45, 7) is 3.97. The Kier molecular flexibility index (Phi) is 3.25. The Morgan fingerprint density at radius 2 is 2.15 bits per heavy atom. The van der Waals surface area contributed by atoms with Crippen LogP contribution in [0.1, 0.15) is 6.42 Å². The Hall–Kier alpha value is -1.58. The second kappa shape index (κ2) is 4.45. The van der Waals surface area contributed by atoms with E-state index in [9.17, 15) is 10.1 Å². The maximum atomic E-state index is 10.5. The topological polar surface area (TPSA) is 52.4 Å². The lowest BCUT2D eigenvalue weighted by Crippen LogP contribution is -1.98. The summed E-state index contributed by atoms with van der Waals surface area (Å²) in [4.78, 5) is 10.0. The standard InChI is InChI=1S/C9H10NO3/c1-2-7-13-9-6-4-3-5-8(9)10(11)12/h3-6H,1-2,7H2. The molecular weight excluding hydrogens is 170 g/mol. The van der Waals surface area contributed by atoms with E-state index >= 15 is 0 Å². The molecular formula is C9H10NO3. The molecule has 0 atom stereocenters. The minimum atomic E-state index is -0.460. The molecule has 0 unspecified atom stereocenters. The van der Waals surface area contributed by atoms with Crippen molar-refractivity contribution < 1.29 is 9.66 Å². The van der Waals surface area contributed by atoms with Crippen molar-refractivity contribution in [1.29, 1.82) is 0 Å². The molecule has 0 fully saturated rings. The summed E-state index contributed by atoms with van der Waals surface area (Å²) in [6, 6.07) is 6.30. The van der Waals surface area contributed by atoms with Crippen molar-refractivity contribution in [2.45, 2.75) is 6.42 Å². The van der Waals surface area contributed by atoms with E-state index in [1.807, 2.05) is 0 Å². The van der Waals surface area contributed by atoms with Gasteiger partial charge in [-0.05, 0) is 19.4 Å². The van der Waals surface area contributed by atoms with Crippen molar-refractivity contribution in [3.05, 3.63) is 41.3 Å². The van der Waals surface area contributed by atoms with Gasteiger partial charge in [0.25, 0.3) is 0 Å². The van der Waals surface area contributed by atoms with E-state index in [-0.39, 0.29) is 5.69 Å². The predicted octanol–water partition coefficient (Wildman–Crippen LogP) is 2.20. The predicted molar refractivity (Wildman–Crippen MR) is 48.6 cm³/mol. The number of nitrogens with zero attached hydrogens (tertiary/aromatic N) is 1. The highest BCUT2D eigenvalue weighted by Gasteiger charge is 2.12. The molecule has 13 heavy (non-hydrogen) atoms. The monoisotopic (exact) mass is 180 g/mol. The molecule has 0 saturated carbocycles. The van der Waals surface area contributed by atoms with Gasteiger partial charge in [-0.15, -0.1) is 0 Å². The fraction of sp³-hybridized carbons (Fsp3) is 0.222. The minimum absolute atomic E-state index is 0.00375. The van der Waals surface area contributed by atoms with Crippen molar-refractivity contribution in [2.75, 3.05) is 6.61 Å². The van der Waals surface area contributed by atoms with E-state index in [1.54, 1.807) is 18.2 Å². The molecule has 0 spiro atoms. The molecule has 0 amide bonds. The van der Waals surface area contributed by atoms with Crippen molar-refractivity contribution in [2.24, 2.45) is 0 Å². The summed E-state index contributed by atoms with van der Waals surface area (Å²) in [7, 11) is 0. The lowest BCUT2D eigenvalue weighted by molar-refractivity contribution is -0.385. The third kappa shape index (κ3) is 2.43. The van der Waals surface area contributed by atoms with Crippen LogP contribution in [0.4, 0.5) is 5.69 Å². The zero-order valence-corrected chi connectivity index (χ0v) is 7.10. The SMILES string of the molecule is [CH2]CCOc1ccccc1[N+](=O)[O-]. The molecule has 1 aromatic carbocycles. The Bertz CT molecular complexity index is 299. The van der Waals surface area contributed by atoms with Crippen LogP contribution < -0.4 is 4.74 Å². The van der Waals surface area contributed by atoms with E-state index in [0.29, 0.717) is 18.8 Å². The van der Waals surface area contributed by atoms with Gasteiger partial charge in [0.05, 0.1) is 11.5 Å². The van der Waals surface area contributed by atoms with Gasteiger partial charge in [-0.1, -0.05) is 12.1 Å². The number of nitro benzene ring substituents is 1. The lowest BCUT2D eigenvalue weighted by Gasteiger charge is -2.03. The van der Waals surface area contributed by atoms with Crippen LogP contribution in [-0.2, 0) is 0 Å². The van der Waals surface area contributed by atoms with Crippen LogP contribution in [0, 0.1) is 17.0 Å². The smallest absolute Gasteiger partial charge is 0.310 e. The van der Waals surface area contributed by atoms with Gasteiger partial charge in [-0.3, -0.25) is 10.1 Å². The molecule has 0 saturated heterocycles. The van der Waals surface area contributed by atoms with E-state index in [4.69, 9.17) is 4.74 Å². The van der Waals surface area contributed by atoms with Gasteiger partial charge in [0.1, 0.15) is 0 Å². The first kappa shape index (κ1) is 9.51. The van der Waals surface area contributed by atoms with Gasteiger partial charge in [0.2, 0.25) is 0 Å². The summed E-state index contributed by atoms with van der Waals surface area (Å²) < 4.78 is 5.14. The molecule has 0 aliphatic rings. The normalized spacial score (nSPS) is 9.62. The highest BCUT2D eigenvalue weighted by atomic mass is 16.6. The number of nitro groups is 1. The van der Waals surface area contributed by atoms with Crippen LogP contribution in [-0.4, -0.2) is 11.5 Å². The molecule has 0 heterocycles. The van der Waals surface area contributed by atoms with Crippen LogP contribution in [0.5, 0.6) is 5.75 Å². The summed E-state index contributed by atoms with van der Waals surface area (Å²) in [6.07, 6.45) is 0.589. The fourth-order valence-electron chi connectivity index (χ4n) is 0.912. The molecule has 69 valence electrons. The maximum absolute atomic E-state index is 10.5. The van der Waals surface area contributed by atoms with Crippen molar-refractivity contribution in [3.8, 4) is 5.75 Å². The molecule has 0 bridgehead atoms. The van der Waals surface area contributed by atoms with Crippen LogP contribution in [0.15, 0.2) is 24.3 Å². The average Bonchev–Trinajstić information content (AvgIpc) is 2.15. The van der Waals surface area contributed by atoms with E-state index in [2.05, 4.69) is 6.92 Å². The lowest BCUT2D eigenvalue weighted by atomic mass is 10.3. The number of benzene rings is 1. The number of para-hydroxylation sites is 2. The van der Waals surface area contributed by atoms with Crippen molar-refractivity contribution in [1.82, 2.24) is 0 Å². The van der Waals surface area contributed by atoms with Gasteiger partial charge < -0.3 is 4.74 Å². The maximum Gasteiger partial charge on any atom is 0.310 e. The summed E-state index contributed by atoms with van der Waals surface area (Å²) >= 11 is 0. The molecule has 0 aliphatic carbocycles. The number of ether oxygens (including phenoxy) is 1. The highest BCUT2D eigenvalue weighted by Crippen LogP contribution is 2.25. The van der Waals surface area contributed by atoms with Crippen LogP contribution in [0.3, 0.4) is 0 Å². The summed E-state index contributed by atoms with van der Waals surface area (Å²) in [5.41, 5.74) is -0.00375. The van der Waals surface area contributed by atoms with Gasteiger partial charge in [-0.25, -0.2) is 0 Å². The average molecular weight is 180 g/mol. The molecule has 0 N–H and O–H groups in total. The van der Waals surface area contributed by atoms with E-state index < -0.39 is 4.92 Å². The van der Waals surface area contributed by atoms with Crippen molar-refractivity contribution >= 4 is 5.69 Å². The van der Waals surface area contributed by atoms with Crippen LogP contribution in [0.25, 0.3) is 0 Å². The van der Waals surface area contributed by atoms with Gasteiger partial charge in [0, 0.05) is 6.07 Å². The molecule has 0 aliphatic heterocycles. The molecule has 1 rings (SSSR count). The quantitative estimate of drug-likeness (QED) is 0.527. The summed E-state index contributed by atoms with van der Waals surface area (Å²) in [5, 5.41) is 10.5. The molecule has 4 heteroatoms. The van der Waals surface area contributed by atoms with Crippen molar-refractivity contribution in [3.63, 3.8) is 0 Å². The first-order valence-corrected chi connectivity index (χ1v) is 3.91. The molecule has 0 aromatic heterocycles. The third-order valence-electron chi connectivity index (χ3n) is 1.46. The van der Waals surface area contributed by atoms with Gasteiger partial charge in [-0.2, -0.15) is 0 Å². The van der Waals surface area contributed by atoms with Crippen LogP contribution >= 0.6 is 0 Å². The second-order valence-corrected chi connectivity index (χ2v) is 2.43. The zero-order valence-electron chi connectivity index (χ0n) is 7.10. The number of rotatable bonds is 4. The Labute approximate surface area is 76.3 Å².